The molecular formula is C34H61O18P3. The van der Waals surface area contributed by atoms with Crippen LogP contribution in [0.15, 0.2) is 0 Å². The first kappa shape index (κ1) is 44.6. The third-order valence-corrected chi connectivity index (χ3v) is 16.4. The summed E-state index contributed by atoms with van der Waals surface area (Å²) >= 11 is 0. The van der Waals surface area contributed by atoms with E-state index in [0.29, 0.717) is 6.42 Å². The highest BCUT2D eigenvalue weighted by Gasteiger charge is 2.70. The number of fused-ring (bicyclic) bond motifs is 8. The van der Waals surface area contributed by atoms with E-state index in [2.05, 4.69) is 0 Å². The molecule has 0 saturated carbocycles. The minimum Gasteiger partial charge on any atom is -0.376 e. The van der Waals surface area contributed by atoms with E-state index < -0.39 is 125 Å². The van der Waals surface area contributed by atoms with Crippen LogP contribution in [0.4, 0.5) is 0 Å². The Labute approximate surface area is 323 Å². The molecule has 18 nitrogen and oxygen atoms in total. The molecule has 55 heavy (non-hydrogen) atoms. The third kappa shape index (κ3) is 7.70. The topological polar surface area (TPSA) is 223 Å². The number of rotatable bonds is 14. The van der Waals surface area contributed by atoms with Gasteiger partial charge in [-0.05, 0) is 34.1 Å². The van der Waals surface area contributed by atoms with Crippen LogP contribution >= 0.6 is 22.8 Å². The second-order valence-electron chi connectivity index (χ2n) is 15.6. The van der Waals surface area contributed by atoms with E-state index >= 15 is 0 Å². The number of hydrogen-bond donors (Lipinski definition) is 3. The summed E-state index contributed by atoms with van der Waals surface area (Å²) in [6.07, 6.45) is -9.62. The Kier molecular flexibility index (Phi) is 12.9. The minimum atomic E-state index is -4.71. The summed E-state index contributed by atoms with van der Waals surface area (Å²) in [7, 11) is -12.2. The molecule has 0 amide bonds. The van der Waals surface area contributed by atoms with Gasteiger partial charge in [0.05, 0.1) is 69.3 Å². The van der Waals surface area contributed by atoms with Crippen LogP contribution in [-0.2, 0) is 69.9 Å². The molecule has 3 N–H and O–H groups in total. The van der Waals surface area contributed by atoms with Gasteiger partial charge in [-0.25, -0.2) is 0 Å². The van der Waals surface area contributed by atoms with Crippen LogP contribution in [0.3, 0.4) is 0 Å². The van der Waals surface area contributed by atoms with E-state index in [1.807, 2.05) is 41.5 Å². The molecule has 8 rings (SSSR count). The molecule has 0 aliphatic carbocycles. The zero-order valence-electron chi connectivity index (χ0n) is 33.4. The molecule has 8 bridgehead atoms. The Bertz CT molecular complexity index is 1540. The maximum absolute atomic E-state index is 14.1. The predicted molar refractivity (Wildman–Crippen MR) is 195 cm³/mol. The number of methoxy groups -OCH3 is 1. The first-order valence-corrected chi connectivity index (χ1v) is 24.8. The molecule has 0 aromatic rings. The lowest BCUT2D eigenvalue weighted by atomic mass is 9.96. The maximum atomic E-state index is 14.1. The lowest BCUT2D eigenvalue weighted by Gasteiger charge is -2.36. The van der Waals surface area contributed by atoms with Crippen LogP contribution in [0.5, 0.6) is 0 Å². The van der Waals surface area contributed by atoms with E-state index in [1.54, 1.807) is 20.8 Å². The van der Waals surface area contributed by atoms with Crippen molar-refractivity contribution in [1.82, 2.24) is 0 Å². The van der Waals surface area contributed by atoms with E-state index in [-0.39, 0.29) is 38.6 Å². The van der Waals surface area contributed by atoms with Gasteiger partial charge in [0.2, 0.25) is 0 Å². The Morgan fingerprint density at radius 2 is 0.764 bits per heavy atom. The second-order valence-corrected chi connectivity index (χ2v) is 21.0. The number of ether oxygens (including phenoxy) is 9. The first-order chi connectivity index (χ1) is 25.8. The van der Waals surface area contributed by atoms with Gasteiger partial charge in [-0.2, -0.15) is 0 Å². The average Bonchev–Trinajstić information content (AvgIpc) is 3.97. The number of hydrogen-bond acceptors (Lipinski definition) is 15. The molecule has 7 unspecified atom stereocenters. The van der Waals surface area contributed by atoms with Gasteiger partial charge in [0.1, 0.15) is 71.2 Å². The summed E-state index contributed by atoms with van der Waals surface area (Å²) in [4.78, 5) is 34.0. The molecule has 21 heteroatoms. The normalized spacial score (nSPS) is 50.6. The molecule has 8 aliphatic heterocycles. The Morgan fingerprint density at radius 3 is 1.05 bits per heavy atom. The van der Waals surface area contributed by atoms with Gasteiger partial charge in [-0.15, -0.1) is 0 Å². The van der Waals surface area contributed by atoms with Crippen LogP contribution < -0.4 is 0 Å². The minimum absolute atomic E-state index is 0.0385. The van der Waals surface area contributed by atoms with Crippen molar-refractivity contribution in [2.24, 2.45) is 0 Å². The fourth-order valence-electron chi connectivity index (χ4n) is 9.89. The van der Waals surface area contributed by atoms with Gasteiger partial charge >= 0.3 is 22.8 Å². The zero-order chi connectivity index (χ0) is 40.6. The summed E-state index contributed by atoms with van der Waals surface area (Å²) in [6, 6.07) is 0. The molecule has 19 atom stereocenters. The predicted octanol–water partition coefficient (Wildman–Crippen LogP) is 3.40. The van der Waals surface area contributed by atoms with Crippen molar-refractivity contribution in [3.8, 4) is 0 Å². The Hall–Kier alpha value is 0.0900. The molecule has 0 spiro atoms. The van der Waals surface area contributed by atoms with Crippen LogP contribution in [0, 0.1) is 0 Å². The first-order valence-electron chi connectivity index (χ1n) is 19.5. The fourth-order valence-corrected chi connectivity index (χ4v) is 15.2. The third-order valence-electron chi connectivity index (χ3n) is 12.0. The molecule has 8 aliphatic rings. The molecule has 0 aromatic carbocycles. The van der Waals surface area contributed by atoms with Crippen LogP contribution in [-0.4, -0.2) is 162 Å². The van der Waals surface area contributed by atoms with Gasteiger partial charge in [0.15, 0.2) is 0 Å². The summed E-state index contributed by atoms with van der Waals surface area (Å²) in [5.41, 5.74) is -5.32. The molecule has 0 aromatic heterocycles. The fraction of sp³-hybridized carbons (Fsp3) is 1.00. The highest BCUT2D eigenvalue weighted by atomic mass is 31.2. The highest BCUT2D eigenvalue weighted by molar-refractivity contribution is 7.53. The van der Waals surface area contributed by atoms with Crippen molar-refractivity contribution in [2.45, 2.75) is 164 Å². The second kappa shape index (κ2) is 15.8. The SMILES string of the molecule is CC.CC.CC[C@]12CO[C@@H](C1OP(=O)(O)C[C@]13CO[C@@H](C1OP(=O)(O)C[C@]14CO[C@@H](C1OP(=O)(O)C[C@]15CO[C@@H](C1OC)[C@H](C)O5)[C@H](C)O4)[C@H](C)O3)[C@H](C)O2. The van der Waals surface area contributed by atoms with Gasteiger partial charge < -0.3 is 57.3 Å². The van der Waals surface area contributed by atoms with E-state index in [1.165, 1.54) is 7.11 Å². The summed E-state index contributed by atoms with van der Waals surface area (Å²) in [6.45, 7) is 16.7. The van der Waals surface area contributed by atoms with Crippen molar-refractivity contribution in [2.75, 3.05) is 52.0 Å². The van der Waals surface area contributed by atoms with E-state index in [0.717, 1.165) is 0 Å². The van der Waals surface area contributed by atoms with Gasteiger partial charge in [-0.3, -0.25) is 27.3 Å². The lowest BCUT2D eigenvalue weighted by molar-refractivity contribution is -0.139. The summed E-state index contributed by atoms with van der Waals surface area (Å²) in [5.74, 6) is 0. The highest BCUT2D eigenvalue weighted by Crippen LogP contribution is 2.63. The average molecular weight is 851 g/mol. The van der Waals surface area contributed by atoms with Crippen molar-refractivity contribution in [3.05, 3.63) is 0 Å². The van der Waals surface area contributed by atoms with Gasteiger partial charge in [0, 0.05) is 7.11 Å². The standard InChI is InChI=1S/C30H49O18P3.2C2H6/c1-7-27-8-38-20(16(3)42-27)24(27)46-50(33,34)13-29-10-40-22(18(5)44-29)26(29)48-51(35,36)14-30-11-41-21(17(4)45-30)25(30)47-49(31,32)12-28-9-39-19(15(2)43-28)23(28)37-6;2*1-2/h15-26H,7-14H2,1-6H3,(H,31,32)(H,33,34)(H,35,36);2*1-2H3/t15-,16-,17-,18-,19+,20+,21+,22+,23?,24?,25?,26?,27-,28+,29+,30+;;/m0../s1. The van der Waals surface area contributed by atoms with Crippen molar-refractivity contribution in [1.29, 1.82) is 0 Å². The van der Waals surface area contributed by atoms with Crippen LogP contribution in [0.1, 0.15) is 68.7 Å². The monoisotopic (exact) mass is 850 g/mol. The summed E-state index contributed by atoms with van der Waals surface area (Å²) in [5, 5.41) is 0. The smallest absolute Gasteiger partial charge is 0.331 e. The molecule has 8 heterocycles. The molecule has 0 radical (unpaired) electrons. The van der Waals surface area contributed by atoms with E-state index in [9.17, 15) is 28.4 Å². The van der Waals surface area contributed by atoms with Gasteiger partial charge in [-0.1, -0.05) is 34.6 Å². The van der Waals surface area contributed by atoms with Crippen LogP contribution in [0.25, 0.3) is 0 Å². The van der Waals surface area contributed by atoms with Crippen molar-refractivity contribution in [3.63, 3.8) is 0 Å². The lowest BCUT2D eigenvalue weighted by Crippen LogP contribution is -2.49. The van der Waals surface area contributed by atoms with Crippen LogP contribution in [0.2, 0.25) is 0 Å². The van der Waals surface area contributed by atoms with E-state index in [4.69, 9.17) is 56.2 Å². The molecule has 8 fully saturated rings. The maximum Gasteiger partial charge on any atom is 0.331 e. The molecule has 8 saturated heterocycles. The molecule has 320 valence electrons. The van der Waals surface area contributed by atoms with Crippen molar-refractivity contribution >= 4 is 22.8 Å². The molecular weight excluding hydrogens is 789 g/mol. The largest absolute Gasteiger partial charge is 0.376 e. The van der Waals surface area contributed by atoms with Gasteiger partial charge in [0.25, 0.3) is 0 Å². The Morgan fingerprint density at radius 1 is 0.509 bits per heavy atom. The Balaban J connectivity index is 0.00000125. The van der Waals surface area contributed by atoms with Crippen molar-refractivity contribution < 1.29 is 84.6 Å². The quantitative estimate of drug-likeness (QED) is 0.213. The zero-order valence-corrected chi connectivity index (χ0v) is 36.1. The summed E-state index contributed by atoms with van der Waals surface area (Å²) < 4.78 is 113.